The summed E-state index contributed by atoms with van der Waals surface area (Å²) in [6, 6.07) is 5.20. The van der Waals surface area contributed by atoms with Gasteiger partial charge in [0.15, 0.2) is 0 Å². The highest BCUT2D eigenvalue weighted by Gasteiger charge is 2.65. The Morgan fingerprint density at radius 3 is 2.41 bits per heavy atom. The van der Waals surface area contributed by atoms with Crippen molar-refractivity contribution in [3.8, 4) is 0 Å². The van der Waals surface area contributed by atoms with E-state index in [0.717, 1.165) is 0 Å². The average Bonchev–Trinajstić information content (AvgIpc) is 3.27. The average molecular weight is 312 g/mol. The zero-order chi connectivity index (χ0) is 16.4. The lowest BCUT2D eigenvalue weighted by molar-refractivity contribution is -0.166. The van der Waals surface area contributed by atoms with Crippen LogP contribution in [0.4, 0.5) is 13.2 Å². The van der Waals surface area contributed by atoms with Gasteiger partial charge >= 0.3 is 11.8 Å². The number of rotatable bonds is 6. The number of benzene rings is 1. The molecule has 1 heterocycles. The first kappa shape index (κ1) is 16.2. The number of alkyl halides is 3. The van der Waals surface area contributed by atoms with Crippen LogP contribution in [-0.4, -0.2) is 18.1 Å². The Morgan fingerprint density at radius 1 is 1.36 bits per heavy atom. The van der Waals surface area contributed by atoms with Crippen molar-refractivity contribution in [3.05, 3.63) is 48.0 Å². The second-order valence-electron chi connectivity index (χ2n) is 4.95. The van der Waals surface area contributed by atoms with Crippen LogP contribution in [0.2, 0.25) is 0 Å². The minimum atomic E-state index is -4.54. The molecule has 2 rings (SSSR count). The molecule has 0 spiro atoms. The monoisotopic (exact) mass is 312 g/mol. The van der Waals surface area contributed by atoms with Crippen LogP contribution in [0.15, 0.2) is 47.1 Å². The fraction of sp³-hybridized carbons (Fsp3) is 0.357. The SMILES string of the molecule is C=C[C@H](N)CC(=O)NCc1ccc(C2(C(F)(F)F)N=N2)cc1. The smallest absolute Gasteiger partial charge is 0.352 e. The molecule has 0 saturated heterocycles. The van der Waals surface area contributed by atoms with E-state index in [2.05, 4.69) is 22.1 Å². The van der Waals surface area contributed by atoms with Crippen molar-refractivity contribution in [3.63, 3.8) is 0 Å². The van der Waals surface area contributed by atoms with Crippen LogP contribution in [0.25, 0.3) is 0 Å². The Balaban J connectivity index is 1.93. The summed E-state index contributed by atoms with van der Waals surface area (Å²) in [7, 11) is 0. The van der Waals surface area contributed by atoms with Gasteiger partial charge in [-0.25, -0.2) is 0 Å². The van der Waals surface area contributed by atoms with Gasteiger partial charge in [-0.3, -0.25) is 4.79 Å². The normalized spacial score (nSPS) is 16.9. The van der Waals surface area contributed by atoms with E-state index in [4.69, 9.17) is 5.73 Å². The Kier molecular flexibility index (Phi) is 4.32. The number of halogens is 3. The summed E-state index contributed by atoms with van der Waals surface area (Å²) in [6.07, 6.45) is -2.96. The number of nitrogens with two attached hydrogens (primary N) is 1. The fourth-order valence-electron chi connectivity index (χ4n) is 1.87. The molecule has 1 aliphatic rings. The van der Waals surface area contributed by atoms with Gasteiger partial charge < -0.3 is 11.1 Å². The topological polar surface area (TPSA) is 79.8 Å². The van der Waals surface area contributed by atoms with Crippen molar-refractivity contribution in [2.75, 3.05) is 0 Å². The zero-order valence-corrected chi connectivity index (χ0v) is 11.6. The minimum absolute atomic E-state index is 0.0382. The third-order valence-corrected chi connectivity index (χ3v) is 3.27. The summed E-state index contributed by atoms with van der Waals surface area (Å²) in [4.78, 5) is 11.5. The molecule has 118 valence electrons. The van der Waals surface area contributed by atoms with Crippen molar-refractivity contribution < 1.29 is 18.0 Å². The van der Waals surface area contributed by atoms with E-state index in [1.165, 1.54) is 30.3 Å². The van der Waals surface area contributed by atoms with Gasteiger partial charge in [-0.1, -0.05) is 30.3 Å². The van der Waals surface area contributed by atoms with Gasteiger partial charge in [0.2, 0.25) is 5.91 Å². The largest absolute Gasteiger partial charge is 0.442 e. The molecule has 1 amide bonds. The predicted octanol–water partition coefficient (Wildman–Crippen LogP) is 2.39. The highest BCUT2D eigenvalue weighted by atomic mass is 19.4. The van der Waals surface area contributed by atoms with Crippen molar-refractivity contribution >= 4 is 5.91 Å². The van der Waals surface area contributed by atoms with E-state index in [9.17, 15) is 18.0 Å². The molecule has 0 unspecified atom stereocenters. The minimum Gasteiger partial charge on any atom is -0.352 e. The quantitative estimate of drug-likeness (QED) is 0.791. The van der Waals surface area contributed by atoms with Gasteiger partial charge in [-0.15, -0.1) is 16.8 Å². The van der Waals surface area contributed by atoms with Crippen LogP contribution in [0.3, 0.4) is 0 Å². The predicted molar refractivity (Wildman–Crippen MR) is 73.7 cm³/mol. The number of nitrogens with one attached hydrogen (secondary N) is 1. The van der Waals surface area contributed by atoms with E-state index >= 15 is 0 Å². The molecule has 0 aromatic heterocycles. The molecule has 3 N–H and O–H groups in total. The van der Waals surface area contributed by atoms with Crippen LogP contribution in [0, 0.1) is 0 Å². The Hall–Kier alpha value is -2.22. The second-order valence-corrected chi connectivity index (χ2v) is 4.95. The maximum absolute atomic E-state index is 12.8. The molecule has 1 aliphatic heterocycles. The van der Waals surface area contributed by atoms with Gasteiger partial charge in [0, 0.05) is 24.6 Å². The lowest BCUT2D eigenvalue weighted by atomic mass is 10.0. The van der Waals surface area contributed by atoms with Gasteiger partial charge in [0.1, 0.15) is 0 Å². The van der Waals surface area contributed by atoms with Gasteiger partial charge in [0.05, 0.1) is 0 Å². The molecule has 22 heavy (non-hydrogen) atoms. The molecule has 0 aliphatic carbocycles. The Morgan fingerprint density at radius 2 is 1.95 bits per heavy atom. The number of hydrogen-bond donors (Lipinski definition) is 2. The lowest BCUT2D eigenvalue weighted by Crippen LogP contribution is -2.30. The molecule has 8 heteroatoms. The summed E-state index contributed by atoms with van der Waals surface area (Å²) >= 11 is 0. The lowest BCUT2D eigenvalue weighted by Gasteiger charge is -2.15. The molecule has 5 nitrogen and oxygen atoms in total. The molecule has 0 fully saturated rings. The zero-order valence-electron chi connectivity index (χ0n) is 11.6. The maximum atomic E-state index is 12.8. The number of hydrogen-bond acceptors (Lipinski definition) is 4. The Bertz CT molecular complexity index is 589. The van der Waals surface area contributed by atoms with E-state index in [1.807, 2.05) is 0 Å². The third kappa shape index (κ3) is 3.33. The van der Waals surface area contributed by atoms with Crippen LogP contribution < -0.4 is 11.1 Å². The summed E-state index contributed by atoms with van der Waals surface area (Å²) < 4.78 is 38.5. The van der Waals surface area contributed by atoms with E-state index in [0.29, 0.717) is 5.56 Å². The van der Waals surface area contributed by atoms with Crippen molar-refractivity contribution in [1.29, 1.82) is 0 Å². The maximum Gasteiger partial charge on any atom is 0.442 e. The van der Waals surface area contributed by atoms with Gasteiger partial charge in [-0.05, 0) is 5.56 Å². The van der Waals surface area contributed by atoms with Crippen LogP contribution >= 0.6 is 0 Å². The molecular formula is C14H15F3N4O. The van der Waals surface area contributed by atoms with Crippen molar-refractivity contribution in [2.24, 2.45) is 16.0 Å². The molecule has 0 bridgehead atoms. The molecular weight excluding hydrogens is 297 g/mol. The number of amides is 1. The first-order valence-electron chi connectivity index (χ1n) is 6.53. The molecule has 1 aromatic carbocycles. The third-order valence-electron chi connectivity index (χ3n) is 3.27. The van der Waals surface area contributed by atoms with E-state index in [-0.39, 0.29) is 24.4 Å². The highest BCUT2D eigenvalue weighted by molar-refractivity contribution is 5.76. The Labute approximate surface area is 125 Å². The number of carbonyl (C=O) groups is 1. The number of carbonyl (C=O) groups excluding carboxylic acids is 1. The first-order valence-corrected chi connectivity index (χ1v) is 6.53. The fourth-order valence-corrected chi connectivity index (χ4v) is 1.87. The second kappa shape index (κ2) is 5.88. The molecule has 1 atom stereocenters. The van der Waals surface area contributed by atoms with E-state index < -0.39 is 17.9 Å². The standard InChI is InChI=1S/C14H15F3N4O/c1-2-11(18)7-12(22)19-8-9-3-5-10(6-4-9)13(20-21-13)14(15,16)17/h2-6,11H,1,7-8,18H2,(H,19,22)/t11-/m0/s1. The summed E-state index contributed by atoms with van der Waals surface area (Å²) in [6.45, 7) is 3.68. The highest BCUT2D eigenvalue weighted by Crippen LogP contribution is 2.52. The van der Waals surface area contributed by atoms with Crippen molar-refractivity contribution in [2.45, 2.75) is 30.8 Å². The summed E-state index contributed by atoms with van der Waals surface area (Å²) in [5.41, 5.74) is 3.77. The molecule has 0 saturated carbocycles. The van der Waals surface area contributed by atoms with Crippen LogP contribution in [-0.2, 0) is 17.0 Å². The van der Waals surface area contributed by atoms with Crippen LogP contribution in [0.1, 0.15) is 17.5 Å². The van der Waals surface area contributed by atoms with E-state index in [1.54, 1.807) is 0 Å². The molecule has 0 radical (unpaired) electrons. The summed E-state index contributed by atoms with van der Waals surface area (Å²) in [5, 5.41) is 8.89. The van der Waals surface area contributed by atoms with Gasteiger partial charge in [0.25, 0.3) is 0 Å². The first-order chi connectivity index (χ1) is 10.3. The van der Waals surface area contributed by atoms with Crippen LogP contribution in [0.5, 0.6) is 0 Å². The van der Waals surface area contributed by atoms with Crippen molar-refractivity contribution in [1.82, 2.24) is 5.32 Å². The molecule has 1 aromatic rings. The number of nitrogens with zero attached hydrogens (tertiary/aromatic N) is 2. The van der Waals surface area contributed by atoms with Gasteiger partial charge in [-0.2, -0.15) is 13.2 Å². The summed E-state index contributed by atoms with van der Waals surface area (Å²) in [5.74, 6) is -0.254.